The Balaban J connectivity index is 1.69. The van der Waals surface area contributed by atoms with Crippen LogP contribution in [0.5, 0.6) is 0 Å². The van der Waals surface area contributed by atoms with Crippen LogP contribution < -0.4 is 5.56 Å². The van der Waals surface area contributed by atoms with E-state index in [1.807, 2.05) is 6.07 Å². The molecule has 2 bridgehead atoms. The van der Waals surface area contributed by atoms with Crippen molar-refractivity contribution in [3.05, 3.63) is 63.8 Å². The van der Waals surface area contributed by atoms with Crippen LogP contribution in [0, 0.1) is 0 Å². The average molecular weight is 267 g/mol. The largest absolute Gasteiger partial charge is 0.313 e. The van der Waals surface area contributed by atoms with Crippen molar-refractivity contribution in [3.8, 4) is 0 Å². The van der Waals surface area contributed by atoms with Gasteiger partial charge in [0, 0.05) is 18.2 Å². The second kappa shape index (κ2) is 4.56. The van der Waals surface area contributed by atoms with Crippen molar-refractivity contribution in [1.82, 2.24) is 14.9 Å². The van der Waals surface area contributed by atoms with Gasteiger partial charge in [-0.25, -0.2) is 4.98 Å². The van der Waals surface area contributed by atoms with Gasteiger partial charge in [0.2, 0.25) is 0 Å². The van der Waals surface area contributed by atoms with Gasteiger partial charge in [-0.3, -0.25) is 9.69 Å². The fourth-order valence-electron chi connectivity index (χ4n) is 3.64. The van der Waals surface area contributed by atoms with E-state index >= 15 is 0 Å². The third-order valence-corrected chi connectivity index (χ3v) is 4.59. The predicted octanol–water partition coefficient (Wildman–Crippen LogP) is 2.03. The summed E-state index contributed by atoms with van der Waals surface area (Å²) in [6, 6.07) is 11.3. The molecule has 1 aromatic carbocycles. The highest BCUT2D eigenvalue weighted by atomic mass is 16.1. The van der Waals surface area contributed by atoms with Crippen molar-refractivity contribution in [2.75, 3.05) is 0 Å². The number of fused-ring (bicyclic) bond motifs is 4. The van der Waals surface area contributed by atoms with Crippen LogP contribution in [-0.2, 0) is 13.0 Å². The molecule has 20 heavy (non-hydrogen) atoms. The Bertz CT molecular complexity index is 680. The molecule has 3 heterocycles. The van der Waals surface area contributed by atoms with Crippen molar-refractivity contribution >= 4 is 0 Å². The van der Waals surface area contributed by atoms with E-state index in [1.165, 1.54) is 5.56 Å². The first kappa shape index (κ1) is 11.9. The van der Waals surface area contributed by atoms with Gasteiger partial charge in [-0.1, -0.05) is 30.3 Å². The van der Waals surface area contributed by atoms with Gasteiger partial charge < -0.3 is 4.98 Å². The Labute approximate surface area is 117 Å². The maximum atomic E-state index is 11.9. The highest BCUT2D eigenvalue weighted by Gasteiger charge is 2.41. The van der Waals surface area contributed by atoms with Gasteiger partial charge in [0.15, 0.2) is 0 Å². The van der Waals surface area contributed by atoms with Crippen LogP contribution in [-0.4, -0.2) is 20.9 Å². The quantitative estimate of drug-likeness (QED) is 0.905. The molecule has 2 aliphatic rings. The van der Waals surface area contributed by atoms with Gasteiger partial charge in [-0.15, -0.1) is 0 Å². The molecule has 2 aromatic rings. The number of nitrogens with zero attached hydrogens (tertiary/aromatic N) is 2. The third-order valence-electron chi connectivity index (χ3n) is 4.59. The molecular weight excluding hydrogens is 250 g/mol. The predicted molar refractivity (Wildman–Crippen MR) is 76.3 cm³/mol. The summed E-state index contributed by atoms with van der Waals surface area (Å²) in [5, 5.41) is 0. The van der Waals surface area contributed by atoms with Crippen molar-refractivity contribution in [1.29, 1.82) is 0 Å². The topological polar surface area (TPSA) is 49.0 Å². The summed E-state index contributed by atoms with van der Waals surface area (Å²) in [5.41, 5.74) is 3.28. The fourth-order valence-corrected chi connectivity index (χ4v) is 3.64. The van der Waals surface area contributed by atoms with E-state index in [1.54, 1.807) is 6.33 Å². The minimum atomic E-state index is 0.0475. The highest BCUT2D eigenvalue weighted by Crippen LogP contribution is 2.42. The first-order valence-corrected chi connectivity index (χ1v) is 7.19. The molecule has 0 unspecified atom stereocenters. The molecule has 1 aromatic heterocycles. The maximum Gasteiger partial charge on any atom is 0.254 e. The minimum absolute atomic E-state index is 0.0475. The number of H-pyrrole nitrogens is 1. The zero-order chi connectivity index (χ0) is 13.5. The van der Waals surface area contributed by atoms with Crippen LogP contribution >= 0.6 is 0 Å². The number of aromatic amines is 1. The van der Waals surface area contributed by atoms with Crippen LogP contribution in [0.15, 0.2) is 41.5 Å². The number of hydrogen-bond donors (Lipinski definition) is 1. The normalized spacial score (nSPS) is 24.6. The van der Waals surface area contributed by atoms with Gasteiger partial charge in [0.05, 0.1) is 18.1 Å². The lowest BCUT2D eigenvalue weighted by Gasteiger charge is -2.35. The van der Waals surface area contributed by atoms with Crippen molar-refractivity contribution in [3.63, 3.8) is 0 Å². The first-order chi connectivity index (χ1) is 9.83. The Kier molecular flexibility index (Phi) is 2.70. The maximum absolute atomic E-state index is 11.9. The molecule has 1 fully saturated rings. The second-order valence-electron chi connectivity index (χ2n) is 5.70. The SMILES string of the molecule is O=c1[nH]cnc2c1C[C@H]1CC[C@@H]2N1Cc1ccccc1. The fraction of sp³-hybridized carbons (Fsp3) is 0.375. The molecule has 0 aliphatic carbocycles. The lowest BCUT2D eigenvalue weighted by molar-refractivity contribution is 0.164. The third kappa shape index (κ3) is 1.79. The van der Waals surface area contributed by atoms with Crippen LogP contribution in [0.1, 0.15) is 35.7 Å². The van der Waals surface area contributed by atoms with E-state index < -0.39 is 0 Å². The second-order valence-corrected chi connectivity index (χ2v) is 5.70. The molecule has 0 amide bonds. The summed E-state index contributed by atoms with van der Waals surface area (Å²) in [5.74, 6) is 0. The van der Waals surface area contributed by atoms with E-state index in [0.29, 0.717) is 12.1 Å². The molecule has 2 aliphatic heterocycles. The van der Waals surface area contributed by atoms with Crippen LogP contribution in [0.4, 0.5) is 0 Å². The molecule has 4 heteroatoms. The molecule has 4 rings (SSSR count). The number of benzene rings is 1. The van der Waals surface area contributed by atoms with Crippen LogP contribution in [0.3, 0.4) is 0 Å². The smallest absolute Gasteiger partial charge is 0.254 e. The summed E-state index contributed by atoms with van der Waals surface area (Å²) >= 11 is 0. The van der Waals surface area contributed by atoms with E-state index in [9.17, 15) is 4.79 Å². The summed E-state index contributed by atoms with van der Waals surface area (Å²) in [6.07, 6.45) is 4.65. The summed E-state index contributed by atoms with van der Waals surface area (Å²) in [4.78, 5) is 21.6. The molecule has 102 valence electrons. The lowest BCUT2D eigenvalue weighted by atomic mass is 9.98. The van der Waals surface area contributed by atoms with E-state index in [4.69, 9.17) is 0 Å². The van der Waals surface area contributed by atoms with Crippen LogP contribution in [0.25, 0.3) is 0 Å². The van der Waals surface area contributed by atoms with Gasteiger partial charge in [-0.2, -0.15) is 0 Å². The highest BCUT2D eigenvalue weighted by molar-refractivity contribution is 5.28. The molecule has 1 N–H and O–H groups in total. The average Bonchev–Trinajstić information content (AvgIpc) is 2.74. The zero-order valence-electron chi connectivity index (χ0n) is 11.2. The Morgan fingerprint density at radius 2 is 2.10 bits per heavy atom. The molecular formula is C16H17N3O. The molecule has 0 radical (unpaired) electrons. The summed E-state index contributed by atoms with van der Waals surface area (Å²) in [6.45, 7) is 0.949. The summed E-state index contributed by atoms with van der Waals surface area (Å²) < 4.78 is 0. The van der Waals surface area contributed by atoms with Gasteiger partial charge in [0.25, 0.3) is 5.56 Å². The van der Waals surface area contributed by atoms with E-state index in [0.717, 1.165) is 37.1 Å². The van der Waals surface area contributed by atoms with Crippen molar-refractivity contribution in [2.45, 2.75) is 37.9 Å². The first-order valence-electron chi connectivity index (χ1n) is 7.19. The molecule has 4 nitrogen and oxygen atoms in total. The summed E-state index contributed by atoms with van der Waals surface area (Å²) in [7, 11) is 0. The molecule has 0 saturated carbocycles. The van der Waals surface area contributed by atoms with Gasteiger partial charge in [0.1, 0.15) is 0 Å². The van der Waals surface area contributed by atoms with Crippen molar-refractivity contribution < 1.29 is 0 Å². The lowest BCUT2D eigenvalue weighted by Crippen LogP contribution is -2.40. The Morgan fingerprint density at radius 3 is 2.95 bits per heavy atom. The Hall–Kier alpha value is -1.94. The number of hydrogen-bond acceptors (Lipinski definition) is 3. The molecule has 2 atom stereocenters. The monoisotopic (exact) mass is 267 g/mol. The Morgan fingerprint density at radius 1 is 1.25 bits per heavy atom. The van der Waals surface area contributed by atoms with Crippen molar-refractivity contribution in [2.24, 2.45) is 0 Å². The van der Waals surface area contributed by atoms with Gasteiger partial charge in [-0.05, 0) is 24.8 Å². The molecule has 1 saturated heterocycles. The zero-order valence-corrected chi connectivity index (χ0v) is 11.2. The standard InChI is InChI=1S/C16H17N3O/c20-16-13-8-12-6-7-14(15(13)17-10-18-16)19(12)9-11-4-2-1-3-5-11/h1-5,10,12,14H,6-9H2,(H,17,18,20)/t12-,14+/m1/s1. The number of aromatic nitrogens is 2. The van der Waals surface area contributed by atoms with E-state index in [2.05, 4.69) is 39.1 Å². The van der Waals surface area contributed by atoms with Gasteiger partial charge >= 0.3 is 0 Å². The van der Waals surface area contributed by atoms with Crippen LogP contribution in [0.2, 0.25) is 0 Å². The molecule has 0 spiro atoms. The minimum Gasteiger partial charge on any atom is -0.313 e. The van der Waals surface area contributed by atoms with E-state index in [-0.39, 0.29) is 5.56 Å². The number of nitrogens with one attached hydrogen (secondary N) is 1. The number of rotatable bonds is 2.